The van der Waals surface area contributed by atoms with Crippen LogP contribution >= 0.6 is 11.6 Å². The number of nitrogens with zero attached hydrogens (tertiary/aromatic N) is 7. The van der Waals surface area contributed by atoms with Crippen LogP contribution in [0, 0.1) is 18.8 Å². The highest BCUT2D eigenvalue weighted by Gasteiger charge is 2.69. The lowest BCUT2D eigenvalue weighted by Gasteiger charge is -2.26. The summed E-state index contributed by atoms with van der Waals surface area (Å²) in [7, 11) is 1.88. The summed E-state index contributed by atoms with van der Waals surface area (Å²) in [6.07, 6.45) is 3.74. The van der Waals surface area contributed by atoms with Crippen LogP contribution in [-0.2, 0) is 12.5 Å². The van der Waals surface area contributed by atoms with Crippen LogP contribution < -0.4 is 10.6 Å². The summed E-state index contributed by atoms with van der Waals surface area (Å²) in [6.45, 7) is 4.43. The summed E-state index contributed by atoms with van der Waals surface area (Å²) < 4.78 is 1.75. The van der Waals surface area contributed by atoms with E-state index in [-0.39, 0.29) is 5.41 Å². The monoisotopic (exact) mass is 485 g/mol. The standard InChI is InChI=1S/C25H24ClN9/c1-13-4-3-5-19(29-13)25(12-27)16-10-35(11-17(16)25)20-8-28-23-22(31-32-24(23)30-20)14-6-7-18-15(21(14)26)9-34(2)33-18/h3-9,16-17H,10-12,27H2,1-2H3,(H,30,31,32)/t16-,17+,25-. The first-order valence-corrected chi connectivity index (χ1v) is 12.1. The van der Waals surface area contributed by atoms with Crippen molar-refractivity contribution >= 4 is 39.5 Å². The van der Waals surface area contributed by atoms with Gasteiger partial charge in [-0.3, -0.25) is 14.8 Å². The fraction of sp³-hybridized carbons (Fsp3) is 0.320. The Bertz CT molecular complexity index is 1610. The van der Waals surface area contributed by atoms with E-state index < -0.39 is 0 Å². The summed E-state index contributed by atoms with van der Waals surface area (Å²) in [4.78, 5) is 16.7. The van der Waals surface area contributed by atoms with Crippen molar-refractivity contribution in [1.82, 2.24) is 34.9 Å². The number of nitrogens with two attached hydrogens (primary N) is 1. The molecule has 3 atom stereocenters. The van der Waals surface area contributed by atoms with E-state index in [2.05, 4.69) is 32.3 Å². The summed E-state index contributed by atoms with van der Waals surface area (Å²) in [5, 5.41) is 13.5. The van der Waals surface area contributed by atoms with Crippen LogP contribution in [0.15, 0.2) is 42.7 Å². The molecule has 0 spiro atoms. The molecule has 10 heteroatoms. The maximum absolute atomic E-state index is 6.72. The van der Waals surface area contributed by atoms with Crippen molar-refractivity contribution in [1.29, 1.82) is 0 Å². The quantitative estimate of drug-likeness (QED) is 0.401. The number of piperidine rings is 1. The van der Waals surface area contributed by atoms with Crippen molar-refractivity contribution in [3.05, 3.63) is 59.1 Å². The third-order valence-corrected chi connectivity index (χ3v) is 8.22. The van der Waals surface area contributed by atoms with Gasteiger partial charge in [0.05, 0.1) is 16.7 Å². The van der Waals surface area contributed by atoms with E-state index in [1.54, 1.807) is 4.68 Å². The van der Waals surface area contributed by atoms with Gasteiger partial charge in [0.1, 0.15) is 17.0 Å². The highest BCUT2D eigenvalue weighted by atomic mass is 35.5. The lowest BCUT2D eigenvalue weighted by molar-refractivity contribution is 0.537. The number of benzene rings is 1. The Kier molecular flexibility index (Phi) is 4.29. The molecule has 5 heterocycles. The Morgan fingerprint density at radius 3 is 2.77 bits per heavy atom. The van der Waals surface area contributed by atoms with Crippen LogP contribution in [0.4, 0.5) is 5.82 Å². The summed E-state index contributed by atoms with van der Waals surface area (Å²) in [6, 6.07) is 10.1. The van der Waals surface area contributed by atoms with Crippen molar-refractivity contribution in [2.45, 2.75) is 12.3 Å². The molecular weight excluding hydrogens is 462 g/mol. The van der Waals surface area contributed by atoms with E-state index >= 15 is 0 Å². The normalized spacial score (nSPS) is 23.4. The number of pyridine rings is 1. The third kappa shape index (κ3) is 2.88. The van der Waals surface area contributed by atoms with Crippen molar-refractivity contribution in [3.8, 4) is 11.3 Å². The molecule has 1 saturated heterocycles. The van der Waals surface area contributed by atoms with Crippen molar-refractivity contribution in [2.24, 2.45) is 24.6 Å². The molecular formula is C25H24ClN9. The second kappa shape index (κ2) is 7.22. The van der Waals surface area contributed by atoms with Gasteiger partial charge in [0.2, 0.25) is 0 Å². The van der Waals surface area contributed by atoms with Crippen LogP contribution in [-0.4, -0.2) is 54.6 Å². The number of aromatic nitrogens is 7. The number of anilines is 1. The van der Waals surface area contributed by atoms with Gasteiger partial charge in [-0.1, -0.05) is 17.7 Å². The van der Waals surface area contributed by atoms with Gasteiger partial charge in [-0.25, -0.2) is 9.97 Å². The zero-order valence-corrected chi connectivity index (χ0v) is 20.2. The Labute approximate surface area is 206 Å². The Balaban J connectivity index is 1.18. The maximum Gasteiger partial charge on any atom is 0.177 e. The number of H-pyrrole nitrogens is 1. The molecule has 3 N–H and O–H groups in total. The van der Waals surface area contributed by atoms with Crippen molar-refractivity contribution < 1.29 is 0 Å². The molecule has 4 aromatic heterocycles. The number of fused-ring (bicyclic) bond motifs is 3. The number of aromatic amines is 1. The smallest absolute Gasteiger partial charge is 0.177 e. The molecule has 5 aromatic rings. The van der Waals surface area contributed by atoms with Crippen molar-refractivity contribution in [2.75, 3.05) is 24.5 Å². The average molecular weight is 486 g/mol. The zero-order chi connectivity index (χ0) is 23.9. The van der Waals surface area contributed by atoms with Crippen LogP contribution in [0.2, 0.25) is 5.02 Å². The molecule has 35 heavy (non-hydrogen) atoms. The predicted octanol–water partition coefficient (Wildman–Crippen LogP) is 3.23. The minimum absolute atomic E-state index is 0.0249. The Morgan fingerprint density at radius 1 is 1.17 bits per heavy atom. The van der Waals surface area contributed by atoms with E-state index in [4.69, 9.17) is 32.3 Å². The third-order valence-electron chi connectivity index (χ3n) is 7.81. The van der Waals surface area contributed by atoms with E-state index in [0.29, 0.717) is 40.3 Å². The number of aryl methyl sites for hydroxylation is 2. The van der Waals surface area contributed by atoms with Gasteiger partial charge in [0, 0.05) is 60.6 Å². The number of hydrogen-bond donors (Lipinski definition) is 2. The molecule has 2 aliphatic rings. The SMILES string of the molecule is Cc1cccc([C@]2(CN)[C@@H]3CN(c4cnc5c(-c6ccc7nn(C)cc7c6Cl)n[nH]c5n4)C[C@@H]32)n1. The predicted molar refractivity (Wildman–Crippen MR) is 135 cm³/mol. The molecule has 176 valence electrons. The molecule has 1 aliphatic heterocycles. The Hall–Kier alpha value is -3.56. The van der Waals surface area contributed by atoms with Gasteiger partial charge in [-0.15, -0.1) is 0 Å². The summed E-state index contributed by atoms with van der Waals surface area (Å²) in [5.41, 5.74) is 12.1. The van der Waals surface area contributed by atoms with Gasteiger partial charge in [0.15, 0.2) is 5.65 Å². The number of nitrogens with one attached hydrogen (secondary N) is 1. The zero-order valence-electron chi connectivity index (χ0n) is 19.4. The number of halogens is 1. The van der Waals surface area contributed by atoms with Gasteiger partial charge >= 0.3 is 0 Å². The summed E-state index contributed by atoms with van der Waals surface area (Å²) in [5.74, 6) is 1.79. The largest absolute Gasteiger partial charge is 0.355 e. The van der Waals surface area contributed by atoms with Gasteiger partial charge < -0.3 is 10.6 Å². The van der Waals surface area contributed by atoms with Crippen LogP contribution in [0.1, 0.15) is 11.4 Å². The highest BCUT2D eigenvalue weighted by molar-refractivity contribution is 6.38. The second-order valence-corrected chi connectivity index (χ2v) is 10.1. The molecule has 1 aliphatic carbocycles. The van der Waals surface area contributed by atoms with Gasteiger partial charge in [0.25, 0.3) is 0 Å². The first-order chi connectivity index (χ1) is 17.0. The average Bonchev–Trinajstić information content (AvgIpc) is 3.30. The lowest BCUT2D eigenvalue weighted by atomic mass is 9.94. The first-order valence-electron chi connectivity index (χ1n) is 11.7. The highest BCUT2D eigenvalue weighted by Crippen LogP contribution is 2.62. The Morgan fingerprint density at radius 2 is 2.00 bits per heavy atom. The van der Waals surface area contributed by atoms with E-state index in [1.807, 2.05) is 44.6 Å². The molecule has 9 nitrogen and oxygen atoms in total. The minimum Gasteiger partial charge on any atom is -0.355 e. The minimum atomic E-state index is -0.0249. The maximum atomic E-state index is 6.72. The molecule has 1 saturated carbocycles. The summed E-state index contributed by atoms with van der Waals surface area (Å²) >= 11 is 6.72. The molecule has 2 fully saturated rings. The number of rotatable bonds is 4. The van der Waals surface area contributed by atoms with Gasteiger partial charge in [-0.2, -0.15) is 10.2 Å². The lowest BCUT2D eigenvalue weighted by Crippen LogP contribution is -2.35. The van der Waals surface area contributed by atoms with Crippen LogP contribution in [0.25, 0.3) is 33.3 Å². The fourth-order valence-electron chi connectivity index (χ4n) is 6.01. The van der Waals surface area contributed by atoms with Crippen LogP contribution in [0.3, 0.4) is 0 Å². The van der Waals surface area contributed by atoms with Gasteiger partial charge in [-0.05, 0) is 43.0 Å². The number of hydrogen-bond acceptors (Lipinski definition) is 7. The van der Waals surface area contributed by atoms with E-state index in [0.717, 1.165) is 46.8 Å². The molecule has 0 amide bonds. The second-order valence-electron chi connectivity index (χ2n) is 9.69. The molecule has 7 rings (SSSR count). The topological polar surface area (TPSA) is 114 Å². The molecule has 0 radical (unpaired) electrons. The van der Waals surface area contributed by atoms with E-state index in [9.17, 15) is 0 Å². The van der Waals surface area contributed by atoms with Crippen LogP contribution in [0.5, 0.6) is 0 Å². The molecule has 1 aromatic carbocycles. The first kappa shape index (κ1) is 20.8. The molecule has 0 bridgehead atoms. The van der Waals surface area contributed by atoms with E-state index in [1.165, 1.54) is 0 Å². The fourth-order valence-corrected chi connectivity index (χ4v) is 6.30. The molecule has 0 unspecified atom stereocenters. The van der Waals surface area contributed by atoms with Crippen molar-refractivity contribution in [3.63, 3.8) is 0 Å².